The number of hydrogen-bond acceptors (Lipinski definition) is 3. The van der Waals surface area contributed by atoms with Crippen LogP contribution in [-0.2, 0) is 14.3 Å². The van der Waals surface area contributed by atoms with Crippen molar-refractivity contribution in [2.75, 3.05) is 0 Å². The normalized spacial score (nSPS) is 22.0. The van der Waals surface area contributed by atoms with Gasteiger partial charge in [-0.05, 0) is 12.5 Å². The number of hydrogen-bond donors (Lipinski definition) is 1. The lowest BCUT2D eigenvalue weighted by atomic mass is 10.1. The van der Waals surface area contributed by atoms with E-state index < -0.39 is 0 Å². The van der Waals surface area contributed by atoms with Gasteiger partial charge in [-0.25, -0.2) is 0 Å². The van der Waals surface area contributed by atoms with E-state index in [-0.39, 0.29) is 24.4 Å². The first kappa shape index (κ1) is 8.77. The fourth-order valence-electron chi connectivity index (χ4n) is 1.01. The Labute approximate surface area is 70.4 Å². The lowest BCUT2D eigenvalue weighted by Gasteiger charge is -2.16. The summed E-state index contributed by atoms with van der Waals surface area (Å²) in [6, 6.07) is 0. The second-order valence-electron chi connectivity index (χ2n) is 2.67. The second-order valence-corrected chi connectivity index (χ2v) is 2.67. The van der Waals surface area contributed by atoms with E-state index in [2.05, 4.69) is 0 Å². The summed E-state index contributed by atoms with van der Waals surface area (Å²) in [5, 5.41) is 0. The molecule has 0 saturated carbocycles. The molecule has 0 spiro atoms. The minimum Gasteiger partial charge on any atom is -0.458 e. The van der Waals surface area contributed by atoms with Crippen LogP contribution in [0.1, 0.15) is 19.3 Å². The molecule has 1 atom stereocenters. The number of carbonyl (C=O) groups excluding carboxylic acids is 2. The molecule has 1 aliphatic rings. The maximum atomic E-state index is 10.7. The van der Waals surface area contributed by atoms with Gasteiger partial charge in [-0.1, -0.05) is 6.08 Å². The third kappa shape index (κ3) is 2.74. The van der Waals surface area contributed by atoms with Gasteiger partial charge in [-0.3, -0.25) is 9.59 Å². The van der Waals surface area contributed by atoms with Crippen molar-refractivity contribution in [1.29, 1.82) is 0 Å². The first-order valence-electron chi connectivity index (χ1n) is 3.83. The molecule has 1 aliphatic heterocycles. The zero-order valence-electron chi connectivity index (χ0n) is 6.66. The molecule has 1 unspecified atom stereocenters. The van der Waals surface area contributed by atoms with Gasteiger partial charge in [-0.2, -0.15) is 0 Å². The van der Waals surface area contributed by atoms with E-state index in [1.54, 1.807) is 12.2 Å². The van der Waals surface area contributed by atoms with Gasteiger partial charge in [0, 0.05) is 6.42 Å². The summed E-state index contributed by atoms with van der Waals surface area (Å²) in [7, 11) is 0. The molecular weight excluding hydrogens is 158 g/mol. The van der Waals surface area contributed by atoms with E-state index in [1.807, 2.05) is 0 Å². The Kier molecular flexibility index (Phi) is 2.85. The molecule has 0 aliphatic carbocycles. The lowest BCUT2D eigenvalue weighted by molar-refractivity contribution is -0.147. The minimum atomic E-state index is -0.370. The molecule has 2 N–H and O–H groups in total. The summed E-state index contributed by atoms with van der Waals surface area (Å²) >= 11 is 0. The van der Waals surface area contributed by atoms with Crippen LogP contribution >= 0.6 is 0 Å². The fraction of sp³-hybridized carbons (Fsp3) is 0.500. The molecule has 66 valence electrons. The Morgan fingerprint density at radius 2 is 2.50 bits per heavy atom. The van der Waals surface area contributed by atoms with E-state index in [4.69, 9.17) is 10.5 Å². The van der Waals surface area contributed by atoms with E-state index in [1.165, 1.54) is 0 Å². The number of cyclic esters (lactones) is 1. The van der Waals surface area contributed by atoms with Crippen LogP contribution in [0.2, 0.25) is 0 Å². The van der Waals surface area contributed by atoms with Crippen LogP contribution in [-0.4, -0.2) is 18.0 Å². The Bertz CT molecular complexity index is 222. The number of primary amides is 1. The Morgan fingerprint density at radius 3 is 3.08 bits per heavy atom. The van der Waals surface area contributed by atoms with Crippen molar-refractivity contribution in [2.24, 2.45) is 5.73 Å². The molecule has 0 saturated heterocycles. The summed E-state index contributed by atoms with van der Waals surface area (Å²) in [5.41, 5.74) is 4.94. The number of nitrogens with two attached hydrogens (primary N) is 1. The van der Waals surface area contributed by atoms with Crippen molar-refractivity contribution in [3.63, 3.8) is 0 Å². The molecule has 4 heteroatoms. The Hall–Kier alpha value is -1.32. The molecule has 1 rings (SSSR count). The van der Waals surface area contributed by atoms with Gasteiger partial charge in [0.2, 0.25) is 5.91 Å². The van der Waals surface area contributed by atoms with Crippen LogP contribution in [0.4, 0.5) is 0 Å². The molecule has 0 fully saturated rings. The summed E-state index contributed by atoms with van der Waals surface area (Å²) in [4.78, 5) is 21.1. The van der Waals surface area contributed by atoms with Gasteiger partial charge in [0.15, 0.2) is 0 Å². The number of esters is 1. The third-order valence-corrected chi connectivity index (χ3v) is 1.59. The standard InChI is InChI=1S/C8H11NO3/c9-7(10)5-4-6-2-1-3-8(11)12-6/h1-2,6H,3-5H2,(H2,9,10). The SMILES string of the molecule is NC(=O)CCC1C=CCC(=O)O1. The lowest BCUT2D eigenvalue weighted by Crippen LogP contribution is -2.21. The van der Waals surface area contributed by atoms with Crippen molar-refractivity contribution >= 4 is 11.9 Å². The van der Waals surface area contributed by atoms with Gasteiger partial charge in [0.05, 0.1) is 6.42 Å². The van der Waals surface area contributed by atoms with Crippen LogP contribution < -0.4 is 5.73 Å². The second kappa shape index (κ2) is 3.90. The molecule has 1 amide bonds. The molecule has 4 nitrogen and oxygen atoms in total. The topological polar surface area (TPSA) is 69.4 Å². The van der Waals surface area contributed by atoms with Gasteiger partial charge in [0.1, 0.15) is 6.10 Å². The molecule has 12 heavy (non-hydrogen) atoms. The van der Waals surface area contributed by atoms with Gasteiger partial charge < -0.3 is 10.5 Å². The maximum absolute atomic E-state index is 10.7. The Morgan fingerprint density at radius 1 is 1.75 bits per heavy atom. The highest BCUT2D eigenvalue weighted by atomic mass is 16.5. The third-order valence-electron chi connectivity index (χ3n) is 1.59. The van der Waals surface area contributed by atoms with Gasteiger partial charge in [-0.15, -0.1) is 0 Å². The molecule has 0 aromatic rings. The average Bonchev–Trinajstić information content (AvgIpc) is 2.01. The van der Waals surface area contributed by atoms with E-state index in [0.29, 0.717) is 12.8 Å². The van der Waals surface area contributed by atoms with Crippen LogP contribution in [0.3, 0.4) is 0 Å². The number of rotatable bonds is 3. The smallest absolute Gasteiger partial charge is 0.310 e. The summed E-state index contributed by atoms with van der Waals surface area (Å²) in [6.45, 7) is 0. The highest BCUT2D eigenvalue weighted by molar-refractivity contribution is 5.74. The summed E-state index contributed by atoms with van der Waals surface area (Å²) < 4.78 is 4.90. The van der Waals surface area contributed by atoms with Crippen molar-refractivity contribution in [3.8, 4) is 0 Å². The maximum Gasteiger partial charge on any atom is 0.310 e. The highest BCUT2D eigenvalue weighted by Crippen LogP contribution is 2.10. The van der Waals surface area contributed by atoms with Crippen molar-refractivity contribution < 1.29 is 14.3 Å². The van der Waals surface area contributed by atoms with Gasteiger partial charge >= 0.3 is 5.97 Å². The highest BCUT2D eigenvalue weighted by Gasteiger charge is 2.15. The van der Waals surface area contributed by atoms with Crippen LogP contribution in [0.5, 0.6) is 0 Å². The van der Waals surface area contributed by atoms with Crippen LogP contribution in [0.25, 0.3) is 0 Å². The molecule has 0 bridgehead atoms. The molecule has 0 aromatic carbocycles. The predicted octanol–water partition coefficient (Wildman–Crippen LogP) is 0.124. The number of ether oxygens (including phenoxy) is 1. The summed E-state index contributed by atoms with van der Waals surface area (Å²) in [5.74, 6) is -0.614. The summed E-state index contributed by atoms with van der Waals surface area (Å²) in [6.07, 6.45) is 4.33. The molecule has 1 heterocycles. The molecular formula is C8H11NO3. The Balaban J connectivity index is 2.32. The van der Waals surface area contributed by atoms with Crippen molar-refractivity contribution in [1.82, 2.24) is 0 Å². The molecule has 0 radical (unpaired) electrons. The molecule has 0 aromatic heterocycles. The first-order chi connectivity index (χ1) is 5.68. The van der Waals surface area contributed by atoms with Crippen molar-refractivity contribution in [2.45, 2.75) is 25.4 Å². The van der Waals surface area contributed by atoms with Crippen LogP contribution in [0.15, 0.2) is 12.2 Å². The minimum absolute atomic E-state index is 0.244. The quantitative estimate of drug-likeness (QED) is 0.482. The van der Waals surface area contributed by atoms with E-state index >= 15 is 0 Å². The average molecular weight is 169 g/mol. The van der Waals surface area contributed by atoms with Crippen LogP contribution in [0, 0.1) is 0 Å². The monoisotopic (exact) mass is 169 g/mol. The van der Waals surface area contributed by atoms with E-state index in [0.717, 1.165) is 0 Å². The fourth-order valence-corrected chi connectivity index (χ4v) is 1.01. The zero-order chi connectivity index (χ0) is 8.97. The van der Waals surface area contributed by atoms with Crippen molar-refractivity contribution in [3.05, 3.63) is 12.2 Å². The van der Waals surface area contributed by atoms with E-state index in [9.17, 15) is 9.59 Å². The predicted molar refractivity (Wildman–Crippen MR) is 42.1 cm³/mol. The number of amides is 1. The largest absolute Gasteiger partial charge is 0.458 e. The first-order valence-corrected chi connectivity index (χ1v) is 3.83. The van der Waals surface area contributed by atoms with Gasteiger partial charge in [0.25, 0.3) is 0 Å². The zero-order valence-corrected chi connectivity index (χ0v) is 6.66. The number of carbonyl (C=O) groups is 2.